The maximum absolute atomic E-state index is 14.8. The standard InChI is InChI=1S/C65H124N30O15/c1-4-5-16-45(60(109)110)94-56(105)43(23-14-33-84-65(78)79)92-52(101)38(18-7-9-28-67)87-51(100)37(17-6-8-27-66)88-54(103)41(21-12-31-82-63(74)75)91-55(104)42(22-13-32-83-64(76)77)90-53(102)40(20-11-30-81-62(72)73)86-49(98)35(2)85-50(99)39(19-10-29-80-61(70)71)89-57(106)44(25-26-47(68)97)93-58(107)46-24-15-34-95(46)59(108)48(69)36(3)96/h35-46,48,96H,4-34,66-67,69H2,1-3H3,(H2,68,97)(H,85,99)(H,86,98)(H,87,100)(H,88,103)(H,89,106)(H,90,102)(H,91,104)(H,92,101)(H,93,107)(H,94,105)(H,109,110)(H4,70,71,80)(H4,72,73,81)(H4,74,75,82)(H4,76,77,83)(H4,78,79,84)/t35-,36+,37-,38-,39-,40-,41-,42-,43-,44-,45-,46-,48-/m0/s1. The van der Waals surface area contributed by atoms with Crippen molar-refractivity contribution in [2.45, 2.75) is 247 Å². The Morgan fingerprint density at radius 3 is 0.955 bits per heavy atom. The number of primary amides is 1. The minimum absolute atomic E-state index is 0.0128. The average Bonchev–Trinajstić information content (AvgIpc) is 1.70. The molecule has 13 atom stereocenters. The molecular formula is C65H124N30O15. The van der Waals surface area contributed by atoms with Crippen LogP contribution in [0.25, 0.3) is 0 Å². The van der Waals surface area contributed by atoms with E-state index in [1.54, 1.807) is 0 Å². The predicted octanol–water partition coefficient (Wildman–Crippen LogP) is -10.4. The normalized spacial score (nSPS) is 15.6. The third-order valence-corrected chi connectivity index (χ3v) is 17.2. The number of rotatable bonds is 57. The number of nitrogens with one attached hydrogen (secondary N) is 10. The van der Waals surface area contributed by atoms with Crippen molar-refractivity contribution in [1.29, 1.82) is 0 Å². The van der Waals surface area contributed by atoms with E-state index in [-0.39, 0.29) is 191 Å². The second kappa shape index (κ2) is 54.0. The molecule has 1 heterocycles. The molecule has 1 rings (SSSR count). The Balaban J connectivity index is 3.88. The van der Waals surface area contributed by atoms with Crippen LogP contribution in [0.3, 0.4) is 0 Å². The second-order valence-electron chi connectivity index (χ2n) is 26.5. The molecule has 45 nitrogen and oxygen atoms in total. The molecule has 0 saturated carbocycles. The van der Waals surface area contributed by atoms with E-state index >= 15 is 0 Å². The van der Waals surface area contributed by atoms with Crippen LogP contribution in [0.1, 0.15) is 168 Å². The van der Waals surface area contributed by atoms with E-state index in [1.807, 2.05) is 6.92 Å². The van der Waals surface area contributed by atoms with Gasteiger partial charge in [0.25, 0.3) is 0 Å². The van der Waals surface area contributed by atoms with Crippen LogP contribution in [0.15, 0.2) is 25.0 Å². The van der Waals surface area contributed by atoms with Gasteiger partial charge in [-0.2, -0.15) is 0 Å². The first-order valence-corrected chi connectivity index (χ1v) is 36.9. The first-order chi connectivity index (χ1) is 52.0. The second-order valence-corrected chi connectivity index (χ2v) is 26.5. The van der Waals surface area contributed by atoms with Crippen LogP contribution in [0.4, 0.5) is 0 Å². The van der Waals surface area contributed by atoms with E-state index in [1.165, 1.54) is 18.7 Å². The number of aliphatic carboxylic acids is 1. The van der Waals surface area contributed by atoms with Crippen LogP contribution < -0.4 is 133 Å². The van der Waals surface area contributed by atoms with Crippen LogP contribution in [-0.4, -0.2) is 253 Å². The van der Waals surface area contributed by atoms with Crippen LogP contribution in [0.2, 0.25) is 0 Å². The Hall–Kier alpha value is -10.7. The number of aliphatic hydroxyl groups excluding tert-OH is 1. The lowest BCUT2D eigenvalue weighted by Crippen LogP contribution is -2.60. The van der Waals surface area contributed by atoms with Crippen molar-refractivity contribution in [2.75, 3.05) is 52.4 Å². The highest BCUT2D eigenvalue weighted by Crippen LogP contribution is 2.20. The van der Waals surface area contributed by atoms with Crippen molar-refractivity contribution >= 4 is 107 Å². The number of hydrogen-bond acceptors (Lipinski definition) is 22. The maximum atomic E-state index is 14.8. The zero-order valence-corrected chi connectivity index (χ0v) is 63.4. The summed E-state index contributed by atoms with van der Waals surface area (Å²) >= 11 is 0. The summed E-state index contributed by atoms with van der Waals surface area (Å²) in [5.74, 6) is -13.5. The summed E-state index contributed by atoms with van der Waals surface area (Å²) in [5.41, 5.74) is 78.7. The number of guanidine groups is 5. The van der Waals surface area contributed by atoms with Crippen LogP contribution >= 0.6 is 0 Å². The van der Waals surface area contributed by atoms with Gasteiger partial charge in [-0.15, -0.1) is 0 Å². The Bertz CT molecular complexity index is 3120. The zero-order valence-electron chi connectivity index (χ0n) is 63.4. The maximum Gasteiger partial charge on any atom is 0.326 e. The molecule has 624 valence electrons. The van der Waals surface area contributed by atoms with Gasteiger partial charge in [0.05, 0.1) is 6.10 Å². The third-order valence-electron chi connectivity index (χ3n) is 17.2. The minimum Gasteiger partial charge on any atom is -0.480 e. The monoisotopic (exact) mass is 1560 g/mol. The molecule has 40 N–H and O–H groups in total. The number of aliphatic hydroxyl groups is 1. The van der Waals surface area contributed by atoms with Crippen molar-refractivity contribution < 1.29 is 72.5 Å². The first-order valence-electron chi connectivity index (χ1n) is 36.9. The highest BCUT2D eigenvalue weighted by molar-refractivity contribution is 6.00. The van der Waals surface area contributed by atoms with Crippen molar-refractivity contribution in [3.8, 4) is 0 Å². The molecule has 1 aliphatic rings. The molecule has 0 bridgehead atoms. The third kappa shape index (κ3) is 40.5. The van der Waals surface area contributed by atoms with Crippen molar-refractivity contribution in [1.82, 2.24) is 58.1 Å². The van der Waals surface area contributed by atoms with E-state index in [2.05, 4.69) is 78.1 Å². The van der Waals surface area contributed by atoms with Gasteiger partial charge in [-0.25, -0.2) is 4.79 Å². The fourth-order valence-corrected chi connectivity index (χ4v) is 11.2. The van der Waals surface area contributed by atoms with Crippen LogP contribution in [0, 0.1) is 0 Å². The van der Waals surface area contributed by atoms with Gasteiger partial charge >= 0.3 is 5.97 Å². The number of amides is 12. The molecule has 1 fully saturated rings. The number of carboxylic acids is 1. The van der Waals surface area contributed by atoms with E-state index < -0.39 is 162 Å². The van der Waals surface area contributed by atoms with Gasteiger partial charge in [0.1, 0.15) is 72.5 Å². The molecule has 0 aromatic carbocycles. The number of likely N-dealkylation sites (tertiary alicyclic amines) is 1. The van der Waals surface area contributed by atoms with E-state index in [9.17, 15) is 72.5 Å². The minimum atomic E-state index is -1.56. The van der Waals surface area contributed by atoms with Crippen LogP contribution in [-0.2, 0) is 62.3 Å². The topological polar surface area (TPSA) is 812 Å². The molecule has 0 aliphatic carbocycles. The average molecular weight is 1570 g/mol. The first kappa shape index (κ1) is 97.3. The molecular weight excluding hydrogens is 1440 g/mol. The molecule has 0 unspecified atom stereocenters. The lowest BCUT2D eigenvalue weighted by atomic mass is 10.0. The predicted molar refractivity (Wildman–Crippen MR) is 410 cm³/mol. The lowest BCUT2D eigenvalue weighted by molar-refractivity contribution is -0.142. The van der Waals surface area contributed by atoms with Crippen molar-refractivity contribution in [3.05, 3.63) is 0 Å². The van der Waals surface area contributed by atoms with Gasteiger partial charge in [-0.3, -0.25) is 82.5 Å². The number of nitrogens with two attached hydrogens (primary N) is 14. The SMILES string of the molecule is CCCC[C@H](NC(=O)[C@H](CCCN=C(N)N)NC(=O)[C@H](CCCCN)NC(=O)[C@H](CCCCN)NC(=O)[C@H](CCCN=C(N)N)NC(=O)[C@H](CCCN=C(N)N)NC(=O)[C@H](CCCN=C(N)N)NC(=O)[C@H](C)NC(=O)[C@H](CCCN=C(N)N)NC(=O)[C@H](CCC(N)=O)NC(=O)[C@@H]1CCCN1C(=O)[C@@H](N)[C@@H](C)O)C(=O)O. The van der Waals surface area contributed by atoms with Crippen molar-refractivity contribution in [3.63, 3.8) is 0 Å². The quantitative estimate of drug-likeness (QED) is 0.0153. The summed E-state index contributed by atoms with van der Waals surface area (Å²) in [5, 5.41) is 45.9. The number of carbonyl (C=O) groups excluding carboxylic acids is 12. The number of hydrogen-bond donors (Lipinski definition) is 26. The number of carbonyl (C=O) groups is 13. The van der Waals surface area contributed by atoms with Gasteiger partial charge in [-0.1, -0.05) is 19.8 Å². The Kier molecular flexibility index (Phi) is 47.8. The largest absolute Gasteiger partial charge is 0.480 e. The van der Waals surface area contributed by atoms with E-state index in [0.717, 1.165) is 0 Å². The summed E-state index contributed by atoms with van der Waals surface area (Å²) in [6.07, 6.45) is 0.178. The molecule has 110 heavy (non-hydrogen) atoms. The number of nitrogens with zero attached hydrogens (tertiary/aromatic N) is 6. The van der Waals surface area contributed by atoms with Gasteiger partial charge in [0, 0.05) is 45.7 Å². The van der Waals surface area contributed by atoms with Crippen molar-refractivity contribution in [2.24, 2.45) is 105 Å². The summed E-state index contributed by atoms with van der Waals surface area (Å²) in [4.78, 5) is 202. The number of carboxylic acid groups (broad SMARTS) is 1. The molecule has 1 aliphatic heterocycles. The molecule has 45 heteroatoms. The Labute approximate surface area is 639 Å². The molecule has 0 aromatic heterocycles. The molecule has 0 radical (unpaired) electrons. The summed E-state index contributed by atoms with van der Waals surface area (Å²) in [6, 6.07) is -17.2. The molecule has 12 amide bonds. The summed E-state index contributed by atoms with van der Waals surface area (Å²) in [6.45, 7) is 4.64. The summed E-state index contributed by atoms with van der Waals surface area (Å²) < 4.78 is 0. The lowest BCUT2D eigenvalue weighted by Gasteiger charge is -2.29. The van der Waals surface area contributed by atoms with Gasteiger partial charge in [-0.05, 0) is 155 Å². The summed E-state index contributed by atoms with van der Waals surface area (Å²) in [7, 11) is 0. The van der Waals surface area contributed by atoms with Gasteiger partial charge in [0.15, 0.2) is 29.8 Å². The fraction of sp³-hybridized carbons (Fsp3) is 0.723. The Morgan fingerprint density at radius 2 is 0.673 bits per heavy atom. The molecule has 0 spiro atoms. The Morgan fingerprint density at radius 1 is 0.391 bits per heavy atom. The molecule has 1 saturated heterocycles. The number of aliphatic imine (C=N–C) groups is 5. The van der Waals surface area contributed by atoms with Crippen LogP contribution in [0.5, 0.6) is 0 Å². The van der Waals surface area contributed by atoms with E-state index in [0.29, 0.717) is 32.1 Å². The van der Waals surface area contributed by atoms with Gasteiger partial charge in [0.2, 0.25) is 70.9 Å². The highest BCUT2D eigenvalue weighted by Gasteiger charge is 2.40. The zero-order chi connectivity index (χ0) is 83.0. The van der Waals surface area contributed by atoms with E-state index in [4.69, 9.17) is 80.3 Å². The molecule has 0 aromatic rings. The smallest absolute Gasteiger partial charge is 0.326 e. The van der Waals surface area contributed by atoms with Gasteiger partial charge < -0.3 is 149 Å². The number of unbranched alkanes of at least 4 members (excludes halogenated alkanes) is 3. The fourth-order valence-electron chi connectivity index (χ4n) is 11.2. The highest BCUT2D eigenvalue weighted by atomic mass is 16.4.